The number of carbonyl (C=O) groups is 2. The number of unbranched alkanes of at least 4 members (excludes halogenated alkanes) is 1. The normalized spacial score (nSPS) is 18.4. The molecule has 0 aliphatic carbocycles. The lowest BCUT2D eigenvalue weighted by atomic mass is 10.0. The Balaban J connectivity index is 1.35. The summed E-state index contributed by atoms with van der Waals surface area (Å²) in [4.78, 5) is 32.2. The number of ether oxygens (including phenoxy) is 2. The fraction of sp³-hybridized carbons (Fsp3) is 0.633. The number of fused-ring (bicyclic) bond motifs is 3. The van der Waals surface area contributed by atoms with E-state index in [1.165, 1.54) is 0 Å². The fourth-order valence-electron chi connectivity index (χ4n) is 5.22. The van der Waals surface area contributed by atoms with Crippen molar-refractivity contribution in [2.75, 3.05) is 36.4 Å². The van der Waals surface area contributed by atoms with Crippen LogP contribution in [0.15, 0.2) is 18.2 Å². The second-order valence-electron chi connectivity index (χ2n) is 12.5. The molecule has 3 aromatic rings. The van der Waals surface area contributed by atoms with Crippen LogP contribution in [-0.2, 0) is 14.3 Å². The largest absolute Gasteiger partial charge is 0.444 e. The molecule has 0 radical (unpaired) electrons. The van der Waals surface area contributed by atoms with Gasteiger partial charge in [0, 0.05) is 31.9 Å². The molecule has 0 spiro atoms. The molecule has 1 fully saturated rings. The molecule has 12 heteroatoms. The number of hydrogen-bond acceptors (Lipinski definition) is 9. The van der Waals surface area contributed by atoms with Crippen molar-refractivity contribution in [1.29, 1.82) is 0 Å². The number of benzene rings is 1. The average Bonchev–Trinajstić information content (AvgIpc) is 3.28. The Hall–Kier alpha value is -3.67. The van der Waals surface area contributed by atoms with Crippen LogP contribution in [-0.4, -0.2) is 81.6 Å². The van der Waals surface area contributed by atoms with Gasteiger partial charge < -0.3 is 30.3 Å². The fourth-order valence-corrected chi connectivity index (χ4v) is 5.22. The molecule has 230 valence electrons. The van der Waals surface area contributed by atoms with Crippen molar-refractivity contribution in [3.05, 3.63) is 24.0 Å². The first-order valence-electron chi connectivity index (χ1n) is 14.9. The molecule has 1 aliphatic rings. The molecule has 0 bridgehead atoms. The SMILES string of the molecule is Cc1nnc2c(NCCCCNC(=O)[C@@H](NC(=O)OC(C)(C)C)C(C)C)nc3cc(N4CC(C)OC(C)C4)ccc3n12. The lowest BCUT2D eigenvalue weighted by Gasteiger charge is -2.36. The van der Waals surface area contributed by atoms with E-state index in [4.69, 9.17) is 14.5 Å². The van der Waals surface area contributed by atoms with Gasteiger partial charge in [0.2, 0.25) is 11.6 Å². The molecule has 3 atom stereocenters. The first-order chi connectivity index (χ1) is 19.8. The number of morpholine rings is 1. The summed E-state index contributed by atoms with van der Waals surface area (Å²) in [7, 11) is 0. The van der Waals surface area contributed by atoms with Gasteiger partial charge in [0.25, 0.3) is 0 Å². The highest BCUT2D eigenvalue weighted by molar-refractivity contribution is 5.86. The van der Waals surface area contributed by atoms with E-state index >= 15 is 0 Å². The molecule has 1 aromatic carbocycles. The van der Waals surface area contributed by atoms with Gasteiger partial charge in [-0.2, -0.15) is 0 Å². The van der Waals surface area contributed by atoms with Crippen LogP contribution < -0.4 is 20.9 Å². The Morgan fingerprint density at radius 1 is 1.10 bits per heavy atom. The van der Waals surface area contributed by atoms with Gasteiger partial charge in [0.05, 0.1) is 23.2 Å². The number of rotatable bonds is 10. The Labute approximate surface area is 247 Å². The van der Waals surface area contributed by atoms with Crippen LogP contribution >= 0.6 is 0 Å². The average molecular weight is 583 g/mol. The third-order valence-electron chi connectivity index (χ3n) is 7.07. The van der Waals surface area contributed by atoms with E-state index in [-0.39, 0.29) is 24.0 Å². The van der Waals surface area contributed by atoms with Crippen LogP contribution in [0.4, 0.5) is 16.3 Å². The number of alkyl carbamates (subject to hydrolysis) is 1. The van der Waals surface area contributed by atoms with Crippen LogP contribution in [0.5, 0.6) is 0 Å². The summed E-state index contributed by atoms with van der Waals surface area (Å²) in [5, 5.41) is 17.7. The second kappa shape index (κ2) is 13.1. The number of aromatic nitrogens is 4. The van der Waals surface area contributed by atoms with Crippen molar-refractivity contribution in [3.63, 3.8) is 0 Å². The highest BCUT2D eigenvalue weighted by atomic mass is 16.6. The van der Waals surface area contributed by atoms with Crippen LogP contribution in [0.3, 0.4) is 0 Å². The van der Waals surface area contributed by atoms with Crippen molar-refractivity contribution in [2.24, 2.45) is 5.92 Å². The summed E-state index contributed by atoms with van der Waals surface area (Å²) in [6.07, 6.45) is 1.29. The first kappa shape index (κ1) is 31.3. The maximum Gasteiger partial charge on any atom is 0.408 e. The lowest BCUT2D eigenvalue weighted by Crippen LogP contribution is -2.51. The summed E-state index contributed by atoms with van der Waals surface area (Å²) >= 11 is 0. The predicted octanol–water partition coefficient (Wildman–Crippen LogP) is 4.06. The molecule has 1 saturated heterocycles. The summed E-state index contributed by atoms with van der Waals surface area (Å²) in [5.41, 5.74) is 2.99. The maximum absolute atomic E-state index is 12.8. The zero-order valence-corrected chi connectivity index (χ0v) is 26.2. The number of nitrogens with zero attached hydrogens (tertiary/aromatic N) is 5. The van der Waals surface area contributed by atoms with Crippen molar-refractivity contribution in [2.45, 2.75) is 92.1 Å². The molecular weight excluding hydrogens is 536 g/mol. The van der Waals surface area contributed by atoms with E-state index in [0.717, 1.165) is 48.5 Å². The molecule has 42 heavy (non-hydrogen) atoms. The molecule has 3 N–H and O–H groups in total. The zero-order valence-electron chi connectivity index (χ0n) is 26.2. The van der Waals surface area contributed by atoms with Crippen molar-refractivity contribution >= 4 is 40.2 Å². The number of carbonyl (C=O) groups excluding carboxylic acids is 2. The highest BCUT2D eigenvalue weighted by Gasteiger charge is 2.27. The second-order valence-corrected chi connectivity index (χ2v) is 12.5. The molecular formula is C30H46N8O4. The summed E-state index contributed by atoms with van der Waals surface area (Å²) < 4.78 is 13.3. The van der Waals surface area contributed by atoms with E-state index in [1.54, 1.807) is 20.8 Å². The standard InChI is InChI=1S/C30H46N8O4/c1-18(2)25(34-29(40)42-30(6,7)8)28(39)32-14-10-9-13-31-26-27-36-35-21(5)38(27)24-12-11-22(15-23(24)33-26)37-16-19(3)41-20(4)17-37/h11-12,15,18-20,25H,9-10,13-14,16-17H2,1-8H3,(H,31,33)(H,32,39)(H,34,40)/t19?,20?,25-/m0/s1. The van der Waals surface area contributed by atoms with Gasteiger partial charge in [0.15, 0.2) is 5.82 Å². The van der Waals surface area contributed by atoms with Crippen molar-refractivity contribution in [3.8, 4) is 0 Å². The van der Waals surface area contributed by atoms with E-state index in [0.29, 0.717) is 24.6 Å². The number of aryl methyl sites for hydroxylation is 1. The number of anilines is 2. The molecule has 4 rings (SSSR count). The maximum atomic E-state index is 12.8. The molecule has 2 amide bonds. The molecule has 2 aromatic heterocycles. The topological polar surface area (TPSA) is 135 Å². The zero-order chi connectivity index (χ0) is 30.6. The quantitative estimate of drug-likeness (QED) is 0.303. The van der Waals surface area contributed by atoms with Crippen LogP contribution in [0.1, 0.15) is 67.1 Å². The smallest absolute Gasteiger partial charge is 0.408 e. The lowest BCUT2D eigenvalue weighted by molar-refractivity contribution is -0.124. The van der Waals surface area contributed by atoms with E-state index in [2.05, 4.69) is 63.1 Å². The third-order valence-corrected chi connectivity index (χ3v) is 7.07. The Morgan fingerprint density at radius 2 is 1.79 bits per heavy atom. The summed E-state index contributed by atoms with van der Waals surface area (Å²) in [6.45, 7) is 18.1. The number of amides is 2. The van der Waals surface area contributed by atoms with E-state index in [9.17, 15) is 9.59 Å². The molecule has 2 unspecified atom stereocenters. The van der Waals surface area contributed by atoms with Gasteiger partial charge >= 0.3 is 6.09 Å². The van der Waals surface area contributed by atoms with Crippen LogP contribution in [0.25, 0.3) is 16.7 Å². The molecule has 3 heterocycles. The third kappa shape index (κ3) is 7.78. The minimum atomic E-state index is -0.669. The van der Waals surface area contributed by atoms with Crippen LogP contribution in [0.2, 0.25) is 0 Å². The number of hydrogen-bond donors (Lipinski definition) is 3. The van der Waals surface area contributed by atoms with E-state index < -0.39 is 17.7 Å². The van der Waals surface area contributed by atoms with Gasteiger partial charge in [-0.25, -0.2) is 9.78 Å². The van der Waals surface area contributed by atoms with Gasteiger partial charge in [-0.15, -0.1) is 10.2 Å². The summed E-state index contributed by atoms with van der Waals surface area (Å²) in [6, 6.07) is 5.66. The van der Waals surface area contributed by atoms with Crippen molar-refractivity contribution < 1.29 is 19.1 Å². The molecule has 0 saturated carbocycles. The van der Waals surface area contributed by atoms with E-state index in [1.807, 2.05) is 25.2 Å². The monoisotopic (exact) mass is 582 g/mol. The van der Waals surface area contributed by atoms with Crippen LogP contribution in [0, 0.1) is 12.8 Å². The predicted molar refractivity (Wildman–Crippen MR) is 164 cm³/mol. The van der Waals surface area contributed by atoms with Gasteiger partial charge in [-0.1, -0.05) is 13.8 Å². The minimum Gasteiger partial charge on any atom is -0.444 e. The molecule has 1 aliphatic heterocycles. The Kier molecular flexibility index (Phi) is 9.75. The number of nitrogens with one attached hydrogen (secondary N) is 3. The Bertz CT molecular complexity index is 1390. The van der Waals surface area contributed by atoms with Gasteiger partial charge in [-0.05, 0) is 78.5 Å². The molecule has 12 nitrogen and oxygen atoms in total. The highest BCUT2D eigenvalue weighted by Crippen LogP contribution is 2.27. The Morgan fingerprint density at radius 3 is 2.45 bits per heavy atom. The van der Waals surface area contributed by atoms with Gasteiger partial charge in [-0.3, -0.25) is 9.20 Å². The minimum absolute atomic E-state index is 0.0808. The summed E-state index contributed by atoms with van der Waals surface area (Å²) in [5.74, 6) is 1.17. The van der Waals surface area contributed by atoms with Gasteiger partial charge in [0.1, 0.15) is 17.5 Å². The first-order valence-corrected chi connectivity index (χ1v) is 14.9. The van der Waals surface area contributed by atoms with Crippen molar-refractivity contribution in [1.82, 2.24) is 30.2 Å².